The fraction of sp³-hybridized carbons (Fsp3) is 0.333. The Hall–Kier alpha value is -3.56. The Kier molecular flexibility index (Phi) is 4.66. The lowest BCUT2D eigenvalue weighted by Crippen LogP contribution is -2.52. The Morgan fingerprint density at radius 1 is 1.18 bits per heavy atom. The van der Waals surface area contributed by atoms with E-state index in [9.17, 15) is 19.5 Å². The van der Waals surface area contributed by atoms with Crippen LogP contribution in [0.2, 0.25) is 0 Å². The lowest BCUT2D eigenvalue weighted by molar-refractivity contribution is -0.147. The van der Waals surface area contributed by atoms with Crippen molar-refractivity contribution in [3.8, 4) is 0 Å². The van der Waals surface area contributed by atoms with Gasteiger partial charge in [0.2, 0.25) is 5.91 Å². The Morgan fingerprint density at radius 2 is 1.88 bits per heavy atom. The second kappa shape index (κ2) is 7.23. The maximum Gasteiger partial charge on any atom is 0.329 e. The van der Waals surface area contributed by atoms with Gasteiger partial charge in [-0.1, -0.05) is 30.3 Å². The molecule has 1 saturated heterocycles. The largest absolute Gasteiger partial charge is 0.467 e. The number of ether oxygens (including phenoxy) is 1. The van der Waals surface area contributed by atoms with Crippen molar-refractivity contribution in [3.05, 3.63) is 70.8 Å². The van der Waals surface area contributed by atoms with E-state index in [1.807, 2.05) is 0 Å². The van der Waals surface area contributed by atoms with E-state index >= 15 is 0 Å². The molecule has 1 unspecified atom stereocenters. The summed E-state index contributed by atoms with van der Waals surface area (Å²) in [6, 6.07) is 12.7. The van der Waals surface area contributed by atoms with Gasteiger partial charge in [-0.05, 0) is 32.0 Å². The molecule has 1 aromatic heterocycles. The fourth-order valence-corrected chi connectivity index (χ4v) is 4.92. The van der Waals surface area contributed by atoms with Crippen LogP contribution in [-0.4, -0.2) is 45.3 Å². The highest BCUT2D eigenvalue weighted by Crippen LogP contribution is 2.50. The number of hydrogen-bond acceptors (Lipinski definition) is 7. The first kappa shape index (κ1) is 21.3. The number of aromatic nitrogens is 2. The van der Waals surface area contributed by atoms with Crippen LogP contribution in [0.4, 0.5) is 5.69 Å². The van der Waals surface area contributed by atoms with Gasteiger partial charge in [0.15, 0.2) is 0 Å². The van der Waals surface area contributed by atoms with E-state index in [0.717, 1.165) is 0 Å². The monoisotopic (exact) mass is 448 g/mol. The normalized spacial score (nSPS) is 23.9. The summed E-state index contributed by atoms with van der Waals surface area (Å²) < 4.78 is 6.21. The molecule has 170 valence electrons. The molecule has 2 N–H and O–H groups in total. The molecule has 0 spiro atoms. The number of nitrogens with one attached hydrogen (secondary N) is 1. The maximum absolute atomic E-state index is 13.3. The number of anilines is 1. The van der Waals surface area contributed by atoms with Gasteiger partial charge in [-0.2, -0.15) is 0 Å². The molecular weight excluding hydrogens is 424 g/mol. The first-order chi connectivity index (χ1) is 15.7. The fourth-order valence-electron chi connectivity index (χ4n) is 4.92. The molecule has 2 aliphatic rings. The molecule has 1 amide bonds. The Morgan fingerprint density at radius 3 is 2.64 bits per heavy atom. The number of esters is 1. The lowest BCUT2D eigenvalue weighted by atomic mass is 9.86. The summed E-state index contributed by atoms with van der Waals surface area (Å²) in [5.41, 5.74) is -1.41. The molecule has 9 nitrogen and oxygen atoms in total. The number of rotatable bonds is 4. The highest BCUT2D eigenvalue weighted by molar-refractivity contribution is 6.05. The predicted molar refractivity (Wildman–Crippen MR) is 121 cm³/mol. The first-order valence-electron chi connectivity index (χ1n) is 10.7. The van der Waals surface area contributed by atoms with E-state index in [-0.39, 0.29) is 12.3 Å². The van der Waals surface area contributed by atoms with Crippen LogP contribution in [0.1, 0.15) is 31.9 Å². The van der Waals surface area contributed by atoms with Crippen LogP contribution in [0.3, 0.4) is 0 Å². The van der Waals surface area contributed by atoms with Gasteiger partial charge in [-0.3, -0.25) is 24.4 Å². The zero-order chi connectivity index (χ0) is 23.5. The molecule has 33 heavy (non-hydrogen) atoms. The average Bonchev–Trinajstić information content (AvgIpc) is 3.20. The number of para-hydroxylation sites is 2. The van der Waals surface area contributed by atoms with Crippen LogP contribution in [0, 0.1) is 0 Å². The van der Waals surface area contributed by atoms with E-state index < -0.39 is 34.9 Å². The molecule has 3 aromatic rings. The minimum absolute atomic E-state index is 0.185. The van der Waals surface area contributed by atoms with Crippen LogP contribution in [0.25, 0.3) is 10.9 Å². The number of fused-ring (bicyclic) bond motifs is 4. The van der Waals surface area contributed by atoms with E-state index in [1.165, 1.54) is 22.9 Å². The van der Waals surface area contributed by atoms with Crippen molar-refractivity contribution in [1.82, 2.24) is 14.9 Å². The SMILES string of the molecule is COC(=O)C(C[C@]1(O)c2ccccc2N2C(=O)C(C)(C)N[C@H]21)n1cnc2ccccc2c1=O. The van der Waals surface area contributed by atoms with Crippen LogP contribution in [0.5, 0.6) is 0 Å². The zero-order valence-electron chi connectivity index (χ0n) is 18.5. The molecule has 0 radical (unpaired) electrons. The van der Waals surface area contributed by atoms with Gasteiger partial charge >= 0.3 is 5.97 Å². The molecule has 0 aliphatic carbocycles. The minimum Gasteiger partial charge on any atom is -0.467 e. The summed E-state index contributed by atoms with van der Waals surface area (Å²) in [6.07, 6.45) is 0.285. The highest BCUT2D eigenvalue weighted by atomic mass is 16.5. The Balaban J connectivity index is 1.65. The number of carbonyl (C=O) groups is 2. The summed E-state index contributed by atoms with van der Waals surface area (Å²) >= 11 is 0. The summed E-state index contributed by atoms with van der Waals surface area (Å²) in [6.45, 7) is 3.48. The number of benzene rings is 2. The molecule has 1 fully saturated rings. The molecule has 2 aliphatic heterocycles. The quantitative estimate of drug-likeness (QED) is 0.581. The average molecular weight is 448 g/mol. The summed E-state index contributed by atoms with van der Waals surface area (Å²) in [7, 11) is 1.23. The minimum atomic E-state index is -1.66. The van der Waals surface area contributed by atoms with Gasteiger partial charge in [-0.15, -0.1) is 0 Å². The van der Waals surface area contributed by atoms with Crippen molar-refractivity contribution in [2.45, 2.75) is 43.6 Å². The van der Waals surface area contributed by atoms with Gasteiger partial charge < -0.3 is 9.84 Å². The molecule has 9 heteroatoms. The summed E-state index contributed by atoms with van der Waals surface area (Å²) in [5.74, 6) is -0.878. The second-order valence-electron chi connectivity index (χ2n) is 9.01. The smallest absolute Gasteiger partial charge is 0.329 e. The molecule has 2 aromatic carbocycles. The lowest BCUT2D eigenvalue weighted by Gasteiger charge is -2.34. The summed E-state index contributed by atoms with van der Waals surface area (Å²) in [4.78, 5) is 45.1. The van der Waals surface area contributed by atoms with E-state index in [2.05, 4.69) is 10.3 Å². The molecular formula is C24H24N4O5. The van der Waals surface area contributed by atoms with Crippen molar-refractivity contribution in [2.24, 2.45) is 0 Å². The van der Waals surface area contributed by atoms with E-state index in [1.54, 1.807) is 62.4 Å². The highest BCUT2D eigenvalue weighted by Gasteiger charge is 2.61. The van der Waals surface area contributed by atoms with Crippen LogP contribution >= 0.6 is 0 Å². The molecule has 5 rings (SSSR count). The van der Waals surface area contributed by atoms with Gasteiger partial charge in [0.25, 0.3) is 5.56 Å². The first-order valence-corrected chi connectivity index (χ1v) is 10.7. The second-order valence-corrected chi connectivity index (χ2v) is 9.01. The number of aliphatic hydroxyl groups is 1. The summed E-state index contributed by atoms with van der Waals surface area (Å²) in [5, 5.41) is 15.6. The number of hydrogen-bond donors (Lipinski definition) is 2. The van der Waals surface area contributed by atoms with E-state index in [0.29, 0.717) is 22.2 Å². The maximum atomic E-state index is 13.3. The standard InChI is InChI=1S/C24H24N4O5/c1-23(2)22(31)28-17-11-7-5-9-15(17)24(32,21(28)26-23)12-18(20(30)33-3)27-13-25-16-10-6-4-8-14(16)19(27)29/h4-11,13,18,21,26,32H,12H2,1-3H3/t18?,21-,24+/m1/s1. The van der Waals surface area contributed by atoms with Gasteiger partial charge in [0.1, 0.15) is 17.8 Å². The third kappa shape index (κ3) is 3.00. The van der Waals surface area contributed by atoms with Crippen LogP contribution in [0.15, 0.2) is 59.7 Å². The van der Waals surface area contributed by atoms with Crippen molar-refractivity contribution in [3.63, 3.8) is 0 Å². The van der Waals surface area contributed by atoms with Crippen molar-refractivity contribution in [2.75, 3.05) is 12.0 Å². The number of nitrogens with zero attached hydrogens (tertiary/aromatic N) is 3. The number of carbonyl (C=O) groups excluding carboxylic acids is 2. The predicted octanol–water partition coefficient (Wildman–Crippen LogP) is 1.44. The zero-order valence-corrected chi connectivity index (χ0v) is 18.5. The third-order valence-electron chi connectivity index (χ3n) is 6.60. The van der Waals surface area contributed by atoms with Crippen LogP contribution < -0.4 is 15.8 Å². The van der Waals surface area contributed by atoms with Crippen LogP contribution in [-0.2, 0) is 19.9 Å². The molecule has 0 saturated carbocycles. The van der Waals surface area contributed by atoms with Crippen molar-refractivity contribution < 1.29 is 19.4 Å². The number of methoxy groups -OCH3 is 1. The topological polar surface area (TPSA) is 114 Å². The van der Waals surface area contributed by atoms with Crippen molar-refractivity contribution in [1.29, 1.82) is 0 Å². The van der Waals surface area contributed by atoms with Gasteiger partial charge in [0.05, 0.1) is 35.6 Å². The number of amides is 1. The van der Waals surface area contributed by atoms with Gasteiger partial charge in [0, 0.05) is 12.0 Å². The Labute approximate surface area is 189 Å². The molecule has 3 heterocycles. The van der Waals surface area contributed by atoms with Gasteiger partial charge in [-0.25, -0.2) is 9.78 Å². The Bertz CT molecular complexity index is 1350. The third-order valence-corrected chi connectivity index (χ3v) is 6.60. The molecule has 0 bridgehead atoms. The van der Waals surface area contributed by atoms with Crippen molar-refractivity contribution >= 4 is 28.5 Å². The molecule has 3 atom stereocenters. The van der Waals surface area contributed by atoms with E-state index in [4.69, 9.17) is 4.74 Å².